The van der Waals surface area contributed by atoms with E-state index < -0.39 is 0 Å². The molecule has 1 aliphatic heterocycles. The Labute approximate surface area is 155 Å². The monoisotopic (exact) mass is 355 g/mol. The molecule has 2 aromatic rings. The Bertz CT molecular complexity index is 756. The van der Waals surface area contributed by atoms with Gasteiger partial charge in [-0.15, -0.1) is 0 Å². The van der Waals surface area contributed by atoms with Gasteiger partial charge in [0, 0.05) is 30.7 Å². The predicted molar refractivity (Wildman–Crippen MR) is 103 cm³/mol. The van der Waals surface area contributed by atoms with Gasteiger partial charge in [-0.05, 0) is 43.9 Å². The van der Waals surface area contributed by atoms with Gasteiger partial charge in [-0.3, -0.25) is 4.79 Å². The number of ether oxygens (including phenoxy) is 1. The first-order valence-electron chi connectivity index (χ1n) is 9.97. The molecular weight excluding hydrogens is 326 g/mol. The molecule has 2 N–H and O–H groups in total. The van der Waals surface area contributed by atoms with Crippen LogP contribution < -0.4 is 10.5 Å². The lowest BCUT2D eigenvalue weighted by Gasteiger charge is -2.39. The van der Waals surface area contributed by atoms with E-state index in [0.717, 1.165) is 48.6 Å². The van der Waals surface area contributed by atoms with Crippen molar-refractivity contribution in [3.63, 3.8) is 0 Å². The second-order valence-electron chi connectivity index (χ2n) is 7.74. The van der Waals surface area contributed by atoms with Crippen LogP contribution in [0.15, 0.2) is 30.5 Å². The number of hydrogen-bond donors (Lipinski definition) is 1. The molecule has 26 heavy (non-hydrogen) atoms. The maximum absolute atomic E-state index is 11.2. The van der Waals surface area contributed by atoms with Gasteiger partial charge in [0.05, 0.1) is 5.52 Å². The quantitative estimate of drug-likeness (QED) is 0.895. The second kappa shape index (κ2) is 7.70. The third kappa shape index (κ3) is 3.73. The number of hydrogen-bond acceptors (Lipinski definition) is 3. The van der Waals surface area contributed by atoms with Crippen LogP contribution >= 0.6 is 0 Å². The molecule has 2 aliphatic rings. The molecular formula is C21H29N3O2. The fraction of sp³-hybridized carbons (Fsp3) is 0.571. The number of benzene rings is 1. The number of rotatable bonds is 5. The molecule has 5 nitrogen and oxygen atoms in total. The van der Waals surface area contributed by atoms with E-state index >= 15 is 0 Å². The number of aromatic nitrogens is 1. The van der Waals surface area contributed by atoms with Gasteiger partial charge >= 0.3 is 0 Å². The molecule has 5 heteroatoms. The molecule has 0 spiro atoms. The lowest BCUT2D eigenvalue weighted by molar-refractivity contribution is -0.118. The van der Waals surface area contributed by atoms with Gasteiger partial charge in [0.15, 0.2) is 0 Å². The Morgan fingerprint density at radius 2 is 1.85 bits per heavy atom. The number of piperidine rings is 1. The van der Waals surface area contributed by atoms with Crippen molar-refractivity contribution in [3.8, 4) is 5.75 Å². The normalized spacial score (nSPS) is 20.5. The summed E-state index contributed by atoms with van der Waals surface area (Å²) >= 11 is 0. The molecule has 1 amide bonds. The minimum absolute atomic E-state index is 0.201. The summed E-state index contributed by atoms with van der Waals surface area (Å²) in [5.41, 5.74) is 6.34. The average Bonchev–Trinajstić information content (AvgIpc) is 3.06. The molecule has 1 aromatic carbocycles. The van der Waals surface area contributed by atoms with Gasteiger partial charge in [-0.2, -0.15) is 0 Å². The Balaban J connectivity index is 1.40. The summed E-state index contributed by atoms with van der Waals surface area (Å²) in [7, 11) is 0. The van der Waals surface area contributed by atoms with Crippen molar-refractivity contribution in [1.29, 1.82) is 0 Å². The third-order valence-corrected chi connectivity index (χ3v) is 5.96. The van der Waals surface area contributed by atoms with E-state index in [1.54, 1.807) is 0 Å². The molecule has 0 atom stereocenters. The molecule has 2 heterocycles. The first kappa shape index (κ1) is 17.4. The van der Waals surface area contributed by atoms with Crippen molar-refractivity contribution < 1.29 is 9.53 Å². The van der Waals surface area contributed by atoms with Crippen LogP contribution in [0.3, 0.4) is 0 Å². The number of nitrogens with two attached hydrogens (primary N) is 1. The molecule has 1 saturated heterocycles. The van der Waals surface area contributed by atoms with Gasteiger partial charge in [-0.25, -0.2) is 0 Å². The lowest BCUT2D eigenvalue weighted by Crippen LogP contribution is -2.44. The molecule has 1 aromatic heterocycles. The van der Waals surface area contributed by atoms with Crippen LogP contribution in [0, 0.1) is 0 Å². The smallest absolute Gasteiger partial charge is 0.237 e. The highest BCUT2D eigenvalue weighted by Gasteiger charge is 2.27. The van der Waals surface area contributed by atoms with E-state index in [4.69, 9.17) is 10.5 Å². The van der Waals surface area contributed by atoms with E-state index in [-0.39, 0.29) is 18.6 Å². The van der Waals surface area contributed by atoms with Crippen molar-refractivity contribution in [2.75, 3.05) is 13.1 Å². The Hall–Kier alpha value is -2.01. The predicted octanol–water partition coefficient (Wildman–Crippen LogP) is 3.30. The number of likely N-dealkylation sites (tertiary alicyclic amines) is 1. The van der Waals surface area contributed by atoms with Crippen LogP contribution in [0.2, 0.25) is 0 Å². The number of carbonyl (C=O) groups excluding carboxylic acids is 1. The molecule has 0 radical (unpaired) electrons. The molecule has 4 rings (SSSR count). The molecule has 2 fully saturated rings. The molecule has 140 valence electrons. The fourth-order valence-corrected chi connectivity index (χ4v) is 4.59. The zero-order chi connectivity index (χ0) is 17.9. The van der Waals surface area contributed by atoms with Crippen molar-refractivity contribution in [3.05, 3.63) is 30.5 Å². The van der Waals surface area contributed by atoms with Crippen LogP contribution in [0.25, 0.3) is 10.9 Å². The number of carbonyl (C=O) groups is 1. The van der Waals surface area contributed by atoms with Crippen LogP contribution in [0.4, 0.5) is 0 Å². The maximum atomic E-state index is 11.2. The minimum Gasteiger partial charge on any atom is -0.490 e. The summed E-state index contributed by atoms with van der Waals surface area (Å²) in [6, 6.07) is 8.86. The van der Waals surface area contributed by atoms with E-state index in [0.29, 0.717) is 0 Å². The van der Waals surface area contributed by atoms with Crippen molar-refractivity contribution in [2.24, 2.45) is 5.73 Å². The lowest BCUT2D eigenvalue weighted by atomic mass is 9.92. The summed E-state index contributed by atoms with van der Waals surface area (Å²) in [4.78, 5) is 13.9. The minimum atomic E-state index is -0.330. The number of amides is 1. The molecule has 1 saturated carbocycles. The maximum Gasteiger partial charge on any atom is 0.237 e. The van der Waals surface area contributed by atoms with Gasteiger partial charge in [0.25, 0.3) is 0 Å². The summed E-state index contributed by atoms with van der Waals surface area (Å²) in [5.74, 6) is 0.589. The Kier molecular flexibility index (Phi) is 5.16. The van der Waals surface area contributed by atoms with Crippen LogP contribution in [-0.2, 0) is 11.3 Å². The van der Waals surface area contributed by atoms with E-state index in [9.17, 15) is 4.79 Å². The highest BCUT2D eigenvalue weighted by atomic mass is 16.5. The Morgan fingerprint density at radius 1 is 1.08 bits per heavy atom. The van der Waals surface area contributed by atoms with E-state index in [2.05, 4.69) is 4.90 Å². The first-order valence-corrected chi connectivity index (χ1v) is 9.97. The molecule has 1 aliphatic carbocycles. The fourth-order valence-electron chi connectivity index (χ4n) is 4.59. The van der Waals surface area contributed by atoms with Crippen LogP contribution in [0.1, 0.15) is 44.9 Å². The topological polar surface area (TPSA) is 60.5 Å². The zero-order valence-corrected chi connectivity index (χ0v) is 15.4. The van der Waals surface area contributed by atoms with E-state index in [1.807, 2.05) is 35.0 Å². The van der Waals surface area contributed by atoms with Crippen LogP contribution in [0.5, 0.6) is 5.75 Å². The summed E-state index contributed by atoms with van der Waals surface area (Å²) < 4.78 is 8.25. The van der Waals surface area contributed by atoms with Crippen molar-refractivity contribution >= 4 is 16.8 Å². The summed E-state index contributed by atoms with van der Waals surface area (Å²) in [5, 5.41) is 1.06. The second-order valence-corrected chi connectivity index (χ2v) is 7.74. The van der Waals surface area contributed by atoms with Gasteiger partial charge < -0.3 is 19.9 Å². The summed E-state index contributed by atoms with van der Waals surface area (Å²) in [6.45, 7) is 2.49. The van der Waals surface area contributed by atoms with Crippen molar-refractivity contribution in [2.45, 2.75) is 63.6 Å². The third-order valence-electron chi connectivity index (χ3n) is 5.96. The number of nitrogens with zero attached hydrogens (tertiary/aromatic N) is 2. The zero-order valence-electron chi connectivity index (χ0n) is 15.4. The van der Waals surface area contributed by atoms with Gasteiger partial charge in [0.2, 0.25) is 5.91 Å². The number of primary amides is 1. The van der Waals surface area contributed by atoms with E-state index in [1.165, 1.54) is 32.1 Å². The Morgan fingerprint density at radius 3 is 2.58 bits per heavy atom. The SMILES string of the molecule is NC(=O)Cn1ccc2c(OC3CCN(C4CCCCC4)CC3)cccc21. The highest BCUT2D eigenvalue weighted by molar-refractivity contribution is 5.87. The molecule has 0 bridgehead atoms. The van der Waals surface area contributed by atoms with Gasteiger partial charge in [0.1, 0.15) is 18.4 Å². The van der Waals surface area contributed by atoms with Crippen molar-refractivity contribution in [1.82, 2.24) is 9.47 Å². The van der Waals surface area contributed by atoms with Crippen LogP contribution in [-0.4, -0.2) is 40.6 Å². The number of fused-ring (bicyclic) bond motifs is 1. The van der Waals surface area contributed by atoms with Gasteiger partial charge in [-0.1, -0.05) is 25.3 Å². The first-order chi connectivity index (χ1) is 12.7. The molecule has 0 unspecified atom stereocenters. The standard InChI is InChI=1S/C21H29N3O2/c22-21(25)15-24-14-11-18-19(24)7-4-8-20(18)26-17-9-12-23(13-10-17)16-5-2-1-3-6-16/h4,7-8,11,14,16-17H,1-3,5-6,9-10,12-13,15H2,(H2,22,25). The summed E-state index contributed by atoms with van der Waals surface area (Å²) in [6.07, 6.45) is 11.3. The highest BCUT2D eigenvalue weighted by Crippen LogP contribution is 2.30. The largest absolute Gasteiger partial charge is 0.490 e. The average molecular weight is 355 g/mol.